The van der Waals surface area contributed by atoms with E-state index in [1.807, 2.05) is 50.3 Å². The fourth-order valence-corrected chi connectivity index (χ4v) is 2.86. The summed E-state index contributed by atoms with van der Waals surface area (Å²) in [6.07, 6.45) is 4.80. The zero-order valence-corrected chi connectivity index (χ0v) is 14.3. The van der Waals surface area contributed by atoms with E-state index in [9.17, 15) is 9.59 Å². The second-order valence-corrected chi connectivity index (χ2v) is 6.46. The summed E-state index contributed by atoms with van der Waals surface area (Å²) in [6, 6.07) is 7.42. The highest BCUT2D eigenvalue weighted by Gasteiger charge is 2.35. The third-order valence-electron chi connectivity index (χ3n) is 3.56. The van der Waals surface area contributed by atoms with Crippen LogP contribution in [0.3, 0.4) is 0 Å². The second kappa shape index (κ2) is 7.58. The number of carbonyl (C=O) groups excluding carboxylic acids is 2. The normalized spacial score (nSPS) is 20.7. The summed E-state index contributed by atoms with van der Waals surface area (Å²) < 4.78 is 6.10. The molecule has 0 saturated heterocycles. The van der Waals surface area contributed by atoms with E-state index in [4.69, 9.17) is 4.74 Å². The molecule has 1 N–H and O–H groups in total. The Morgan fingerprint density at radius 2 is 1.82 bits per heavy atom. The molecule has 118 valence electrons. The molecule has 0 radical (unpaired) electrons. The number of amides is 1. The highest BCUT2D eigenvalue weighted by atomic mass is 79.9. The molecule has 0 fully saturated rings. The van der Waals surface area contributed by atoms with Gasteiger partial charge in [-0.3, -0.25) is 9.59 Å². The van der Waals surface area contributed by atoms with Crippen molar-refractivity contribution in [1.29, 1.82) is 0 Å². The molecule has 5 heteroatoms. The van der Waals surface area contributed by atoms with Gasteiger partial charge in [0.2, 0.25) is 5.91 Å². The average molecular weight is 366 g/mol. The van der Waals surface area contributed by atoms with Gasteiger partial charge in [0.05, 0.1) is 23.6 Å². The van der Waals surface area contributed by atoms with Crippen molar-refractivity contribution < 1.29 is 14.3 Å². The number of hydrogen-bond donors (Lipinski definition) is 1. The maximum atomic E-state index is 12.5. The lowest BCUT2D eigenvalue weighted by Crippen LogP contribution is -2.36. The van der Waals surface area contributed by atoms with E-state index in [1.54, 1.807) is 0 Å². The molecule has 0 aromatic heterocycles. The van der Waals surface area contributed by atoms with Crippen molar-refractivity contribution in [3.05, 3.63) is 40.9 Å². The summed E-state index contributed by atoms with van der Waals surface area (Å²) in [6.45, 7) is 3.62. The van der Waals surface area contributed by atoms with Crippen molar-refractivity contribution in [3.63, 3.8) is 0 Å². The highest BCUT2D eigenvalue weighted by Crippen LogP contribution is 2.30. The number of ether oxygens (including phenoxy) is 1. The van der Waals surface area contributed by atoms with Crippen LogP contribution in [0.15, 0.2) is 40.9 Å². The number of carbonyl (C=O) groups is 2. The molecule has 2 atom stereocenters. The Balaban J connectivity index is 2.10. The van der Waals surface area contributed by atoms with Gasteiger partial charge in [-0.05, 0) is 54.8 Å². The summed E-state index contributed by atoms with van der Waals surface area (Å²) in [7, 11) is 0. The van der Waals surface area contributed by atoms with Crippen molar-refractivity contribution in [3.8, 4) is 0 Å². The lowest BCUT2D eigenvalue weighted by Gasteiger charge is -2.26. The first-order chi connectivity index (χ1) is 10.5. The van der Waals surface area contributed by atoms with Crippen LogP contribution >= 0.6 is 15.9 Å². The van der Waals surface area contributed by atoms with Crippen LogP contribution in [-0.4, -0.2) is 18.0 Å². The zero-order chi connectivity index (χ0) is 16.1. The number of nitrogens with one attached hydrogen (secondary N) is 1. The smallest absolute Gasteiger partial charge is 0.310 e. The predicted octanol–water partition coefficient (Wildman–Crippen LogP) is 3.92. The molecule has 0 unspecified atom stereocenters. The first kappa shape index (κ1) is 16.7. The number of hydrogen-bond acceptors (Lipinski definition) is 3. The minimum Gasteiger partial charge on any atom is -0.463 e. The average Bonchev–Trinajstić information content (AvgIpc) is 2.49. The highest BCUT2D eigenvalue weighted by molar-refractivity contribution is 9.10. The van der Waals surface area contributed by atoms with Gasteiger partial charge in [-0.1, -0.05) is 24.3 Å². The summed E-state index contributed by atoms with van der Waals surface area (Å²) in [5.74, 6) is -1.27. The summed E-state index contributed by atoms with van der Waals surface area (Å²) in [4.78, 5) is 24.7. The Kier molecular flexibility index (Phi) is 5.77. The molecule has 1 aliphatic carbocycles. The molecule has 4 nitrogen and oxygen atoms in total. The molecule has 1 amide bonds. The van der Waals surface area contributed by atoms with Crippen molar-refractivity contribution in [2.24, 2.45) is 11.8 Å². The van der Waals surface area contributed by atoms with Crippen LogP contribution in [0.4, 0.5) is 5.69 Å². The molecule has 0 spiro atoms. The summed E-state index contributed by atoms with van der Waals surface area (Å²) in [5.41, 5.74) is 0.707. The molecule has 22 heavy (non-hydrogen) atoms. The van der Waals surface area contributed by atoms with E-state index in [1.165, 1.54) is 0 Å². The predicted molar refractivity (Wildman–Crippen MR) is 89.4 cm³/mol. The molecule has 0 aliphatic heterocycles. The van der Waals surface area contributed by atoms with Crippen LogP contribution in [0.25, 0.3) is 0 Å². The molecule has 0 saturated carbocycles. The monoisotopic (exact) mass is 365 g/mol. The van der Waals surface area contributed by atoms with Crippen LogP contribution in [0.1, 0.15) is 26.7 Å². The van der Waals surface area contributed by atoms with Crippen LogP contribution < -0.4 is 5.32 Å². The van der Waals surface area contributed by atoms with Crippen LogP contribution in [-0.2, 0) is 14.3 Å². The molecular weight excluding hydrogens is 346 g/mol. The van der Waals surface area contributed by atoms with E-state index in [-0.39, 0.29) is 18.0 Å². The molecular formula is C17H20BrNO3. The first-order valence-electron chi connectivity index (χ1n) is 7.40. The fourth-order valence-electron chi connectivity index (χ4n) is 2.47. The van der Waals surface area contributed by atoms with Gasteiger partial charge in [-0.2, -0.15) is 0 Å². The van der Waals surface area contributed by atoms with Crippen molar-refractivity contribution in [2.45, 2.75) is 32.8 Å². The Bertz CT molecular complexity index is 583. The van der Waals surface area contributed by atoms with E-state index in [0.29, 0.717) is 18.5 Å². The lowest BCUT2D eigenvalue weighted by molar-refractivity contribution is -0.156. The van der Waals surface area contributed by atoms with Gasteiger partial charge < -0.3 is 10.1 Å². The van der Waals surface area contributed by atoms with Crippen LogP contribution in [0.2, 0.25) is 0 Å². The standard InChI is InChI=1S/C17H20BrNO3/c1-11(2)22-17(21)13-8-4-3-7-12(13)16(20)19-15-10-6-5-9-14(15)18/h3-6,9-13H,7-8H2,1-2H3,(H,19,20)/t12-,13+/m1/s1. The van der Waals surface area contributed by atoms with Crippen molar-refractivity contribution in [1.82, 2.24) is 0 Å². The van der Waals surface area contributed by atoms with Gasteiger partial charge in [0.15, 0.2) is 0 Å². The number of anilines is 1. The molecule has 0 bridgehead atoms. The van der Waals surface area contributed by atoms with Gasteiger partial charge in [0, 0.05) is 4.47 Å². The zero-order valence-electron chi connectivity index (χ0n) is 12.7. The van der Waals surface area contributed by atoms with Gasteiger partial charge in [-0.15, -0.1) is 0 Å². The molecule has 1 aromatic carbocycles. The number of rotatable bonds is 4. The number of halogens is 1. The van der Waals surface area contributed by atoms with E-state index < -0.39 is 11.8 Å². The Labute approximate surface area is 139 Å². The fraction of sp³-hybridized carbons (Fsp3) is 0.412. The van der Waals surface area contributed by atoms with Gasteiger partial charge in [0.1, 0.15) is 0 Å². The van der Waals surface area contributed by atoms with Crippen LogP contribution in [0.5, 0.6) is 0 Å². The van der Waals surface area contributed by atoms with Gasteiger partial charge in [0.25, 0.3) is 0 Å². The third-order valence-corrected chi connectivity index (χ3v) is 4.25. The van der Waals surface area contributed by atoms with Gasteiger partial charge in [-0.25, -0.2) is 0 Å². The molecule has 0 heterocycles. The number of esters is 1. The SMILES string of the molecule is CC(C)OC(=O)[C@H]1CC=CC[C@H]1C(=O)Nc1ccccc1Br. The second-order valence-electron chi connectivity index (χ2n) is 5.61. The van der Waals surface area contributed by atoms with E-state index >= 15 is 0 Å². The topological polar surface area (TPSA) is 55.4 Å². The number of allylic oxidation sites excluding steroid dienone is 2. The third kappa shape index (κ3) is 4.19. The summed E-state index contributed by atoms with van der Waals surface area (Å²) >= 11 is 3.41. The molecule has 2 rings (SSSR count). The maximum absolute atomic E-state index is 12.5. The molecule has 1 aliphatic rings. The Hall–Kier alpha value is -1.62. The van der Waals surface area contributed by atoms with Crippen LogP contribution in [0, 0.1) is 11.8 Å². The Morgan fingerprint density at radius 1 is 1.18 bits per heavy atom. The van der Waals surface area contributed by atoms with E-state index in [2.05, 4.69) is 21.2 Å². The number of para-hydroxylation sites is 1. The minimum absolute atomic E-state index is 0.151. The Morgan fingerprint density at radius 3 is 2.45 bits per heavy atom. The lowest BCUT2D eigenvalue weighted by atomic mass is 9.82. The largest absolute Gasteiger partial charge is 0.463 e. The van der Waals surface area contributed by atoms with E-state index in [0.717, 1.165) is 4.47 Å². The number of benzene rings is 1. The van der Waals surface area contributed by atoms with Crippen molar-refractivity contribution in [2.75, 3.05) is 5.32 Å². The first-order valence-corrected chi connectivity index (χ1v) is 8.19. The van der Waals surface area contributed by atoms with Gasteiger partial charge >= 0.3 is 5.97 Å². The van der Waals surface area contributed by atoms with Crippen molar-refractivity contribution >= 4 is 33.5 Å². The summed E-state index contributed by atoms with van der Waals surface area (Å²) in [5, 5.41) is 2.89. The maximum Gasteiger partial charge on any atom is 0.310 e. The minimum atomic E-state index is -0.421. The quantitative estimate of drug-likeness (QED) is 0.649. The molecule has 1 aromatic rings.